The van der Waals surface area contributed by atoms with E-state index in [4.69, 9.17) is 0 Å². The van der Waals surface area contributed by atoms with E-state index in [0.29, 0.717) is 12.0 Å². The second-order valence-corrected chi connectivity index (χ2v) is 4.77. The number of halogens is 1. The van der Waals surface area contributed by atoms with Crippen LogP contribution >= 0.6 is 0 Å². The van der Waals surface area contributed by atoms with E-state index in [1.807, 2.05) is 0 Å². The van der Waals surface area contributed by atoms with Crippen LogP contribution in [0.15, 0.2) is 24.3 Å². The van der Waals surface area contributed by atoms with Gasteiger partial charge in [-0.05, 0) is 24.8 Å². The molecule has 1 nitrogen and oxygen atoms in total. The van der Waals surface area contributed by atoms with Gasteiger partial charge in [-0.3, -0.25) is 0 Å². The number of hydrogen-bond donors (Lipinski definition) is 1. The fourth-order valence-corrected chi connectivity index (χ4v) is 2.59. The molecule has 16 heavy (non-hydrogen) atoms. The minimum Gasteiger partial charge on any atom is -0.388 e. The first-order chi connectivity index (χ1) is 7.77. The summed E-state index contributed by atoms with van der Waals surface area (Å²) in [5.41, 5.74) is 0.445. The first kappa shape index (κ1) is 11.6. The highest BCUT2D eigenvalue weighted by Gasteiger charge is 2.18. The maximum absolute atomic E-state index is 13.4. The number of rotatable bonds is 4. The summed E-state index contributed by atoms with van der Waals surface area (Å²) in [4.78, 5) is 0. The Bertz CT molecular complexity index is 331. The van der Waals surface area contributed by atoms with E-state index in [2.05, 4.69) is 0 Å². The minimum atomic E-state index is -0.637. The van der Waals surface area contributed by atoms with Gasteiger partial charge in [0.25, 0.3) is 0 Å². The maximum atomic E-state index is 13.4. The minimum absolute atomic E-state index is 0.290. The number of hydrogen-bond acceptors (Lipinski definition) is 1. The average molecular weight is 222 g/mol. The summed E-state index contributed by atoms with van der Waals surface area (Å²) in [6.45, 7) is 0. The lowest BCUT2D eigenvalue weighted by molar-refractivity contribution is 0.152. The van der Waals surface area contributed by atoms with Gasteiger partial charge in [0.05, 0.1) is 6.10 Å². The predicted octanol–water partition coefficient (Wildman–Crippen LogP) is 3.83. The zero-order chi connectivity index (χ0) is 11.4. The largest absolute Gasteiger partial charge is 0.388 e. The van der Waals surface area contributed by atoms with Crippen LogP contribution in [-0.4, -0.2) is 5.11 Å². The Balaban J connectivity index is 1.87. The zero-order valence-electron chi connectivity index (χ0n) is 9.53. The van der Waals surface area contributed by atoms with Crippen molar-refractivity contribution in [3.8, 4) is 0 Å². The molecule has 0 radical (unpaired) electrons. The van der Waals surface area contributed by atoms with Crippen LogP contribution in [-0.2, 0) is 0 Å². The molecule has 1 unspecified atom stereocenters. The van der Waals surface area contributed by atoms with Crippen LogP contribution in [0.5, 0.6) is 0 Å². The third-order valence-electron chi connectivity index (χ3n) is 3.59. The van der Waals surface area contributed by atoms with Gasteiger partial charge in [0.15, 0.2) is 0 Å². The first-order valence-corrected chi connectivity index (χ1v) is 6.20. The summed E-state index contributed by atoms with van der Waals surface area (Å²) in [6.07, 6.45) is 6.28. The van der Waals surface area contributed by atoms with Crippen molar-refractivity contribution in [2.24, 2.45) is 5.92 Å². The Hall–Kier alpha value is -0.890. The van der Waals surface area contributed by atoms with Crippen LogP contribution in [0.25, 0.3) is 0 Å². The third kappa shape index (κ3) is 2.82. The molecule has 1 aliphatic rings. The van der Waals surface area contributed by atoms with E-state index < -0.39 is 6.10 Å². The number of benzene rings is 1. The van der Waals surface area contributed by atoms with Crippen molar-refractivity contribution >= 4 is 0 Å². The number of aliphatic hydroxyl groups is 1. The molecule has 1 aromatic carbocycles. The van der Waals surface area contributed by atoms with E-state index in [9.17, 15) is 9.50 Å². The molecule has 0 bridgehead atoms. The molecule has 0 saturated heterocycles. The summed E-state index contributed by atoms with van der Waals surface area (Å²) < 4.78 is 13.4. The number of aliphatic hydroxyl groups excluding tert-OH is 1. The van der Waals surface area contributed by atoms with Crippen LogP contribution in [0.3, 0.4) is 0 Å². The van der Waals surface area contributed by atoms with Crippen molar-refractivity contribution < 1.29 is 9.50 Å². The second-order valence-electron chi connectivity index (χ2n) is 4.77. The van der Waals surface area contributed by atoms with Gasteiger partial charge in [0, 0.05) is 5.56 Å². The molecule has 1 atom stereocenters. The van der Waals surface area contributed by atoms with Gasteiger partial charge in [-0.2, -0.15) is 0 Å². The highest BCUT2D eigenvalue weighted by atomic mass is 19.1. The summed E-state index contributed by atoms with van der Waals surface area (Å²) in [5.74, 6) is 0.461. The van der Waals surface area contributed by atoms with Crippen LogP contribution in [0.4, 0.5) is 4.39 Å². The van der Waals surface area contributed by atoms with Crippen molar-refractivity contribution in [2.45, 2.75) is 44.6 Å². The SMILES string of the molecule is OC(CCC1CCCC1)c1ccccc1F. The van der Waals surface area contributed by atoms with Crippen LogP contribution < -0.4 is 0 Å². The molecule has 1 N–H and O–H groups in total. The monoisotopic (exact) mass is 222 g/mol. The molecule has 2 heteroatoms. The molecule has 0 heterocycles. The van der Waals surface area contributed by atoms with Gasteiger partial charge in [-0.25, -0.2) is 4.39 Å². The molecular weight excluding hydrogens is 203 g/mol. The van der Waals surface area contributed by atoms with Crippen LogP contribution in [0.2, 0.25) is 0 Å². The zero-order valence-corrected chi connectivity index (χ0v) is 9.53. The highest BCUT2D eigenvalue weighted by Crippen LogP contribution is 2.31. The third-order valence-corrected chi connectivity index (χ3v) is 3.59. The standard InChI is InChI=1S/C14H19FO/c15-13-8-4-3-7-12(13)14(16)10-9-11-5-1-2-6-11/h3-4,7-8,11,14,16H,1-2,5-6,9-10H2. The maximum Gasteiger partial charge on any atom is 0.128 e. The van der Waals surface area contributed by atoms with Crippen molar-refractivity contribution in [3.05, 3.63) is 35.6 Å². The van der Waals surface area contributed by atoms with E-state index in [-0.39, 0.29) is 5.82 Å². The molecule has 0 amide bonds. The van der Waals surface area contributed by atoms with E-state index in [1.54, 1.807) is 18.2 Å². The quantitative estimate of drug-likeness (QED) is 0.820. The predicted molar refractivity (Wildman–Crippen MR) is 62.6 cm³/mol. The lowest BCUT2D eigenvalue weighted by atomic mass is 9.96. The van der Waals surface area contributed by atoms with Gasteiger partial charge in [0.2, 0.25) is 0 Å². The van der Waals surface area contributed by atoms with Gasteiger partial charge in [0.1, 0.15) is 5.82 Å². The summed E-state index contributed by atoms with van der Waals surface area (Å²) >= 11 is 0. The molecule has 1 aliphatic carbocycles. The average Bonchev–Trinajstić information content (AvgIpc) is 2.79. The van der Waals surface area contributed by atoms with Gasteiger partial charge in [-0.1, -0.05) is 43.9 Å². The topological polar surface area (TPSA) is 20.2 Å². The van der Waals surface area contributed by atoms with Crippen molar-refractivity contribution in [1.29, 1.82) is 0 Å². The van der Waals surface area contributed by atoms with E-state index in [0.717, 1.165) is 12.3 Å². The van der Waals surface area contributed by atoms with E-state index in [1.165, 1.54) is 31.7 Å². The second kappa shape index (κ2) is 5.44. The Morgan fingerprint density at radius 1 is 1.25 bits per heavy atom. The molecule has 2 rings (SSSR count). The Labute approximate surface area is 96.3 Å². The van der Waals surface area contributed by atoms with Crippen molar-refractivity contribution in [1.82, 2.24) is 0 Å². The Morgan fingerprint density at radius 2 is 1.94 bits per heavy atom. The smallest absolute Gasteiger partial charge is 0.128 e. The molecule has 88 valence electrons. The van der Waals surface area contributed by atoms with Gasteiger partial charge >= 0.3 is 0 Å². The molecule has 1 aromatic rings. The summed E-state index contributed by atoms with van der Waals surface area (Å²) in [5, 5.41) is 9.92. The fourth-order valence-electron chi connectivity index (χ4n) is 2.59. The van der Waals surface area contributed by atoms with Crippen molar-refractivity contribution in [3.63, 3.8) is 0 Å². The molecule has 1 fully saturated rings. The molecule has 0 aromatic heterocycles. The molecule has 0 spiro atoms. The molecule has 0 aliphatic heterocycles. The van der Waals surface area contributed by atoms with Crippen molar-refractivity contribution in [2.75, 3.05) is 0 Å². The normalized spacial score (nSPS) is 18.9. The van der Waals surface area contributed by atoms with Gasteiger partial charge < -0.3 is 5.11 Å². The van der Waals surface area contributed by atoms with Crippen LogP contribution in [0.1, 0.15) is 50.2 Å². The first-order valence-electron chi connectivity index (χ1n) is 6.20. The molecular formula is C14H19FO. The fraction of sp³-hybridized carbons (Fsp3) is 0.571. The summed E-state index contributed by atoms with van der Waals surface area (Å²) in [6, 6.07) is 6.52. The summed E-state index contributed by atoms with van der Waals surface area (Å²) in [7, 11) is 0. The van der Waals surface area contributed by atoms with Crippen LogP contribution in [0, 0.1) is 11.7 Å². The Kier molecular flexibility index (Phi) is 3.94. The highest BCUT2D eigenvalue weighted by molar-refractivity contribution is 5.19. The Morgan fingerprint density at radius 3 is 2.62 bits per heavy atom. The lowest BCUT2D eigenvalue weighted by Crippen LogP contribution is -2.03. The van der Waals surface area contributed by atoms with Gasteiger partial charge in [-0.15, -0.1) is 0 Å². The molecule has 1 saturated carbocycles. The lowest BCUT2D eigenvalue weighted by Gasteiger charge is -2.14. The van der Waals surface area contributed by atoms with E-state index >= 15 is 0 Å².